The van der Waals surface area contributed by atoms with Crippen LogP contribution in [0, 0.1) is 5.82 Å². The average Bonchev–Trinajstić information content (AvgIpc) is 2.96. The maximum absolute atomic E-state index is 12.9. The molecular formula is C22H16FNO2. The van der Waals surface area contributed by atoms with Gasteiger partial charge in [-0.3, -0.25) is 9.59 Å². The van der Waals surface area contributed by atoms with Crippen molar-refractivity contribution in [3.05, 3.63) is 94.8 Å². The molecule has 0 saturated carbocycles. The minimum absolute atomic E-state index is 0.0448. The first-order chi connectivity index (χ1) is 12.6. The van der Waals surface area contributed by atoms with Crippen molar-refractivity contribution in [2.24, 2.45) is 0 Å². The van der Waals surface area contributed by atoms with Crippen LogP contribution in [0.4, 0.5) is 4.39 Å². The van der Waals surface area contributed by atoms with E-state index in [-0.39, 0.29) is 17.5 Å². The maximum Gasteiger partial charge on any atom is 0.251 e. The van der Waals surface area contributed by atoms with E-state index in [9.17, 15) is 14.0 Å². The van der Waals surface area contributed by atoms with Crippen molar-refractivity contribution in [2.45, 2.75) is 6.42 Å². The van der Waals surface area contributed by atoms with E-state index in [0.29, 0.717) is 29.7 Å². The molecule has 0 atom stereocenters. The van der Waals surface area contributed by atoms with Gasteiger partial charge < -0.3 is 5.32 Å². The van der Waals surface area contributed by atoms with Crippen LogP contribution in [-0.4, -0.2) is 18.2 Å². The van der Waals surface area contributed by atoms with Gasteiger partial charge in [-0.15, -0.1) is 0 Å². The second-order valence-electron chi connectivity index (χ2n) is 6.27. The van der Waals surface area contributed by atoms with Crippen molar-refractivity contribution >= 4 is 11.7 Å². The zero-order valence-corrected chi connectivity index (χ0v) is 14.0. The summed E-state index contributed by atoms with van der Waals surface area (Å²) < 4.78 is 12.9. The number of carbonyl (C=O) groups is 2. The Morgan fingerprint density at radius 1 is 0.846 bits per heavy atom. The molecule has 0 aromatic heterocycles. The molecule has 0 saturated heterocycles. The topological polar surface area (TPSA) is 46.2 Å². The van der Waals surface area contributed by atoms with Gasteiger partial charge in [0.25, 0.3) is 5.91 Å². The molecule has 4 heteroatoms. The average molecular weight is 345 g/mol. The highest BCUT2D eigenvalue weighted by Crippen LogP contribution is 2.36. The number of nitrogens with one attached hydrogen (secondary N) is 1. The van der Waals surface area contributed by atoms with E-state index in [0.717, 1.165) is 16.7 Å². The third-order valence-corrected chi connectivity index (χ3v) is 4.60. The summed E-state index contributed by atoms with van der Waals surface area (Å²) in [7, 11) is 0. The highest BCUT2D eigenvalue weighted by Gasteiger charge is 2.26. The summed E-state index contributed by atoms with van der Waals surface area (Å²) in [6.45, 7) is 0.440. The number of amides is 1. The van der Waals surface area contributed by atoms with Crippen molar-refractivity contribution in [2.75, 3.05) is 6.54 Å². The Labute approximate surface area is 150 Å². The lowest BCUT2D eigenvalue weighted by Crippen LogP contribution is -2.25. The summed E-state index contributed by atoms with van der Waals surface area (Å²) >= 11 is 0. The first kappa shape index (κ1) is 16.2. The third kappa shape index (κ3) is 2.90. The number of carbonyl (C=O) groups excluding carboxylic acids is 2. The van der Waals surface area contributed by atoms with Gasteiger partial charge in [-0.2, -0.15) is 0 Å². The molecule has 1 aliphatic carbocycles. The Kier molecular flexibility index (Phi) is 4.09. The van der Waals surface area contributed by atoms with E-state index in [1.165, 1.54) is 12.1 Å². The van der Waals surface area contributed by atoms with Crippen molar-refractivity contribution in [1.29, 1.82) is 0 Å². The van der Waals surface area contributed by atoms with Crippen LogP contribution in [0.3, 0.4) is 0 Å². The number of rotatable bonds is 4. The van der Waals surface area contributed by atoms with Gasteiger partial charge in [-0.1, -0.05) is 42.5 Å². The van der Waals surface area contributed by atoms with E-state index in [2.05, 4.69) is 5.32 Å². The maximum atomic E-state index is 12.9. The molecule has 0 spiro atoms. The Bertz CT molecular complexity index is 1010. The van der Waals surface area contributed by atoms with Crippen LogP contribution < -0.4 is 5.32 Å². The molecule has 0 aliphatic heterocycles. The number of benzene rings is 3. The van der Waals surface area contributed by atoms with E-state index in [4.69, 9.17) is 0 Å². The first-order valence-electron chi connectivity index (χ1n) is 8.44. The number of fused-ring (bicyclic) bond motifs is 3. The highest BCUT2D eigenvalue weighted by molar-refractivity contribution is 6.22. The van der Waals surface area contributed by atoms with Crippen molar-refractivity contribution in [3.63, 3.8) is 0 Å². The molecule has 3 nitrogen and oxygen atoms in total. The quantitative estimate of drug-likeness (QED) is 0.607. The molecule has 1 N–H and O–H groups in total. The molecule has 0 radical (unpaired) electrons. The van der Waals surface area contributed by atoms with Crippen LogP contribution in [-0.2, 0) is 6.42 Å². The fourth-order valence-electron chi connectivity index (χ4n) is 3.24. The van der Waals surface area contributed by atoms with E-state index >= 15 is 0 Å². The van der Waals surface area contributed by atoms with Gasteiger partial charge in [0.2, 0.25) is 0 Å². The second kappa shape index (κ2) is 6.56. The molecule has 3 aromatic carbocycles. The Morgan fingerprint density at radius 3 is 2.31 bits per heavy atom. The van der Waals surface area contributed by atoms with E-state index in [1.807, 2.05) is 24.3 Å². The molecule has 0 unspecified atom stereocenters. The fraction of sp³-hybridized carbons (Fsp3) is 0.0909. The zero-order valence-electron chi connectivity index (χ0n) is 14.0. The smallest absolute Gasteiger partial charge is 0.251 e. The molecule has 0 heterocycles. The lowest BCUT2D eigenvalue weighted by Gasteiger charge is -2.07. The molecular weight excluding hydrogens is 329 g/mol. The first-order valence-corrected chi connectivity index (χ1v) is 8.44. The van der Waals surface area contributed by atoms with Gasteiger partial charge in [-0.05, 0) is 47.4 Å². The van der Waals surface area contributed by atoms with Gasteiger partial charge in [-0.25, -0.2) is 4.39 Å². The molecule has 1 aliphatic rings. The molecule has 1 amide bonds. The predicted octanol–water partition coefficient (Wildman–Crippen LogP) is 4.01. The summed E-state index contributed by atoms with van der Waals surface area (Å²) in [6, 6.07) is 18.9. The molecule has 0 bridgehead atoms. The third-order valence-electron chi connectivity index (χ3n) is 4.60. The van der Waals surface area contributed by atoms with E-state index < -0.39 is 0 Å². The Morgan fingerprint density at radius 2 is 1.54 bits per heavy atom. The summed E-state index contributed by atoms with van der Waals surface area (Å²) in [6.07, 6.45) is 0.612. The van der Waals surface area contributed by atoms with Gasteiger partial charge in [0.05, 0.1) is 0 Å². The normalized spacial score (nSPS) is 11.8. The summed E-state index contributed by atoms with van der Waals surface area (Å²) in [4.78, 5) is 24.9. The summed E-state index contributed by atoms with van der Waals surface area (Å²) in [5.41, 5.74) is 4.44. The summed E-state index contributed by atoms with van der Waals surface area (Å²) in [5.74, 6) is -0.545. The van der Waals surface area contributed by atoms with Gasteiger partial charge in [0, 0.05) is 23.2 Å². The minimum atomic E-state index is -0.276. The van der Waals surface area contributed by atoms with Crippen LogP contribution in [0.15, 0.2) is 66.7 Å². The largest absolute Gasteiger partial charge is 0.352 e. The van der Waals surface area contributed by atoms with Gasteiger partial charge in [0.15, 0.2) is 5.78 Å². The predicted molar refractivity (Wildman–Crippen MR) is 97.7 cm³/mol. The van der Waals surface area contributed by atoms with Gasteiger partial charge >= 0.3 is 0 Å². The lowest BCUT2D eigenvalue weighted by molar-refractivity contribution is 0.0954. The van der Waals surface area contributed by atoms with Crippen molar-refractivity contribution in [1.82, 2.24) is 5.32 Å². The van der Waals surface area contributed by atoms with Crippen LogP contribution in [0.1, 0.15) is 31.8 Å². The number of halogens is 1. The van der Waals surface area contributed by atoms with Crippen LogP contribution >= 0.6 is 0 Å². The van der Waals surface area contributed by atoms with Crippen molar-refractivity contribution < 1.29 is 14.0 Å². The van der Waals surface area contributed by atoms with Crippen LogP contribution in [0.2, 0.25) is 0 Å². The highest BCUT2D eigenvalue weighted by atomic mass is 19.1. The number of ketones is 1. The zero-order chi connectivity index (χ0) is 18.1. The fourth-order valence-corrected chi connectivity index (χ4v) is 3.24. The monoisotopic (exact) mass is 345 g/mol. The number of hydrogen-bond donors (Lipinski definition) is 1. The molecule has 128 valence electrons. The van der Waals surface area contributed by atoms with Crippen molar-refractivity contribution in [3.8, 4) is 11.1 Å². The summed E-state index contributed by atoms with van der Waals surface area (Å²) in [5, 5.41) is 2.85. The standard InChI is InChI=1S/C22H16FNO2/c23-16-8-5-14(6-9-16)11-12-24-22(26)15-7-10-18-17-3-1-2-4-19(17)21(25)20(18)13-15/h1-10,13H,11-12H2,(H,24,26). The lowest BCUT2D eigenvalue weighted by atomic mass is 10.0. The number of hydrogen-bond acceptors (Lipinski definition) is 2. The minimum Gasteiger partial charge on any atom is -0.352 e. The van der Waals surface area contributed by atoms with Gasteiger partial charge in [0.1, 0.15) is 5.82 Å². The molecule has 0 fully saturated rings. The molecule has 26 heavy (non-hydrogen) atoms. The molecule has 3 aromatic rings. The van der Waals surface area contributed by atoms with E-state index in [1.54, 1.807) is 30.3 Å². The van der Waals surface area contributed by atoms with Crippen LogP contribution in [0.25, 0.3) is 11.1 Å². The Hall–Kier alpha value is -3.27. The second-order valence-corrected chi connectivity index (χ2v) is 6.27. The van der Waals surface area contributed by atoms with Crippen LogP contribution in [0.5, 0.6) is 0 Å². The molecule has 4 rings (SSSR count). The SMILES string of the molecule is O=C(NCCc1ccc(F)cc1)c1ccc2c(c1)C(=O)c1ccccc1-2. The Balaban J connectivity index is 1.46.